The van der Waals surface area contributed by atoms with Gasteiger partial charge < -0.3 is 14.6 Å². The summed E-state index contributed by atoms with van der Waals surface area (Å²) in [5, 5.41) is 6.68. The van der Waals surface area contributed by atoms with Gasteiger partial charge in [-0.15, -0.1) is 0 Å². The van der Waals surface area contributed by atoms with E-state index < -0.39 is 0 Å². The Bertz CT molecular complexity index is 512. The van der Waals surface area contributed by atoms with E-state index in [0.29, 0.717) is 30.1 Å². The number of rotatable bonds is 5. The lowest BCUT2D eigenvalue weighted by molar-refractivity contribution is 0.232. The number of anilines is 1. The molecular formula is C11H15N5O2. The first-order valence-corrected chi connectivity index (χ1v) is 5.66. The van der Waals surface area contributed by atoms with Crippen molar-refractivity contribution in [1.29, 1.82) is 0 Å². The Hall–Kier alpha value is -2.18. The lowest BCUT2D eigenvalue weighted by Gasteiger charge is -2.09. The molecule has 1 N–H and O–H groups in total. The molecule has 0 aromatic carbocycles. The van der Waals surface area contributed by atoms with Crippen LogP contribution in [-0.4, -0.2) is 26.2 Å². The van der Waals surface area contributed by atoms with Crippen molar-refractivity contribution in [3.63, 3.8) is 0 Å². The molecule has 2 aromatic heterocycles. The molecule has 0 spiro atoms. The average molecular weight is 249 g/mol. The Morgan fingerprint density at radius 3 is 2.89 bits per heavy atom. The third-order valence-corrected chi connectivity index (χ3v) is 1.95. The van der Waals surface area contributed by atoms with Crippen molar-refractivity contribution >= 4 is 5.95 Å². The monoisotopic (exact) mass is 249 g/mol. The van der Waals surface area contributed by atoms with E-state index in [1.54, 1.807) is 19.2 Å². The van der Waals surface area contributed by atoms with Gasteiger partial charge in [-0.2, -0.15) is 9.97 Å². The molecule has 2 heterocycles. The lowest BCUT2D eigenvalue weighted by Crippen LogP contribution is -2.09. The summed E-state index contributed by atoms with van der Waals surface area (Å²) in [5.41, 5.74) is 0. The highest BCUT2D eigenvalue weighted by molar-refractivity contribution is 5.27. The van der Waals surface area contributed by atoms with Crippen molar-refractivity contribution in [1.82, 2.24) is 20.1 Å². The predicted octanol–water partition coefficient (Wildman–Crippen LogP) is 1.57. The van der Waals surface area contributed by atoms with Gasteiger partial charge >= 0.3 is 0 Å². The maximum absolute atomic E-state index is 5.47. The van der Waals surface area contributed by atoms with Crippen LogP contribution in [0.5, 0.6) is 5.88 Å². The van der Waals surface area contributed by atoms with Crippen molar-refractivity contribution in [2.45, 2.75) is 33.4 Å². The predicted molar refractivity (Wildman–Crippen MR) is 64.2 cm³/mol. The van der Waals surface area contributed by atoms with Crippen LogP contribution in [0.3, 0.4) is 0 Å². The van der Waals surface area contributed by atoms with Crippen LogP contribution in [0, 0.1) is 6.92 Å². The van der Waals surface area contributed by atoms with Crippen LogP contribution in [0.2, 0.25) is 0 Å². The second kappa shape index (κ2) is 5.44. The van der Waals surface area contributed by atoms with Gasteiger partial charge in [-0.25, -0.2) is 4.98 Å². The molecule has 2 rings (SSSR count). The number of hydrogen-bond acceptors (Lipinski definition) is 7. The van der Waals surface area contributed by atoms with Gasteiger partial charge in [-0.1, -0.05) is 5.16 Å². The van der Waals surface area contributed by atoms with E-state index in [4.69, 9.17) is 9.26 Å². The summed E-state index contributed by atoms with van der Waals surface area (Å²) >= 11 is 0. The van der Waals surface area contributed by atoms with E-state index in [1.807, 2.05) is 13.8 Å². The zero-order valence-electron chi connectivity index (χ0n) is 10.5. The summed E-state index contributed by atoms with van der Waals surface area (Å²) in [5.74, 6) is 2.09. The fourth-order valence-corrected chi connectivity index (χ4v) is 1.30. The molecule has 0 saturated heterocycles. The molecule has 0 fully saturated rings. The van der Waals surface area contributed by atoms with Gasteiger partial charge in [0.1, 0.15) is 0 Å². The topological polar surface area (TPSA) is 86.0 Å². The van der Waals surface area contributed by atoms with Crippen LogP contribution < -0.4 is 10.1 Å². The van der Waals surface area contributed by atoms with Crippen molar-refractivity contribution in [3.8, 4) is 5.88 Å². The quantitative estimate of drug-likeness (QED) is 0.860. The van der Waals surface area contributed by atoms with Crippen molar-refractivity contribution in [2.75, 3.05) is 5.32 Å². The summed E-state index contributed by atoms with van der Waals surface area (Å²) in [6, 6.07) is 1.71. The molecule has 7 nitrogen and oxygen atoms in total. The van der Waals surface area contributed by atoms with E-state index >= 15 is 0 Å². The maximum atomic E-state index is 5.47. The van der Waals surface area contributed by atoms with E-state index in [-0.39, 0.29) is 6.10 Å². The normalized spacial score (nSPS) is 10.7. The molecule has 18 heavy (non-hydrogen) atoms. The number of nitrogens with zero attached hydrogens (tertiary/aromatic N) is 4. The molecule has 0 radical (unpaired) electrons. The fraction of sp³-hybridized carbons (Fsp3) is 0.455. The van der Waals surface area contributed by atoms with Gasteiger partial charge in [0.15, 0.2) is 5.82 Å². The molecule has 7 heteroatoms. The van der Waals surface area contributed by atoms with Crippen LogP contribution in [0.4, 0.5) is 5.95 Å². The number of aromatic nitrogens is 4. The standard InChI is InChI=1S/C11H15N5O2/c1-7(2)17-9-4-5-12-11(15-9)13-6-10-14-8(3)16-18-10/h4-5,7H,6H2,1-3H3,(H,12,13,15). The molecule has 0 aliphatic heterocycles. The summed E-state index contributed by atoms with van der Waals surface area (Å²) in [6.07, 6.45) is 1.71. The first-order valence-electron chi connectivity index (χ1n) is 5.66. The molecule has 0 amide bonds. The number of ether oxygens (including phenoxy) is 1. The molecule has 2 aromatic rings. The van der Waals surface area contributed by atoms with Gasteiger partial charge in [-0.3, -0.25) is 0 Å². The first-order chi connectivity index (χ1) is 8.63. The van der Waals surface area contributed by atoms with E-state index in [1.165, 1.54) is 0 Å². The van der Waals surface area contributed by atoms with Crippen LogP contribution in [0.15, 0.2) is 16.8 Å². The Morgan fingerprint density at radius 1 is 1.39 bits per heavy atom. The second-order valence-electron chi connectivity index (χ2n) is 3.97. The second-order valence-corrected chi connectivity index (χ2v) is 3.97. The number of aryl methyl sites for hydroxylation is 1. The van der Waals surface area contributed by atoms with Gasteiger partial charge in [0.25, 0.3) is 0 Å². The van der Waals surface area contributed by atoms with Gasteiger partial charge in [0.05, 0.1) is 12.6 Å². The van der Waals surface area contributed by atoms with Crippen molar-refractivity contribution in [2.24, 2.45) is 0 Å². The lowest BCUT2D eigenvalue weighted by atomic mass is 10.5. The van der Waals surface area contributed by atoms with Gasteiger partial charge in [0.2, 0.25) is 17.7 Å². The molecule has 0 atom stereocenters. The summed E-state index contributed by atoms with van der Waals surface area (Å²) in [4.78, 5) is 12.3. The van der Waals surface area contributed by atoms with Gasteiger partial charge in [0, 0.05) is 12.3 Å². The van der Waals surface area contributed by atoms with Crippen LogP contribution in [-0.2, 0) is 6.54 Å². The Labute approximate surface area is 105 Å². The highest BCUT2D eigenvalue weighted by Gasteiger charge is 2.05. The summed E-state index contributed by atoms with van der Waals surface area (Å²) < 4.78 is 10.4. The van der Waals surface area contributed by atoms with Crippen molar-refractivity contribution < 1.29 is 9.26 Å². The molecule has 0 aliphatic carbocycles. The minimum absolute atomic E-state index is 0.0753. The third-order valence-electron chi connectivity index (χ3n) is 1.95. The molecule has 0 saturated carbocycles. The number of hydrogen-bond donors (Lipinski definition) is 1. The Morgan fingerprint density at radius 2 is 2.22 bits per heavy atom. The molecule has 0 bridgehead atoms. The highest BCUT2D eigenvalue weighted by Crippen LogP contribution is 2.10. The minimum Gasteiger partial charge on any atom is -0.475 e. The Balaban J connectivity index is 1.96. The largest absolute Gasteiger partial charge is 0.475 e. The number of nitrogens with one attached hydrogen (secondary N) is 1. The van der Waals surface area contributed by atoms with Gasteiger partial charge in [-0.05, 0) is 20.8 Å². The smallest absolute Gasteiger partial charge is 0.246 e. The van der Waals surface area contributed by atoms with E-state index in [2.05, 4.69) is 25.4 Å². The van der Waals surface area contributed by atoms with E-state index in [9.17, 15) is 0 Å². The molecular weight excluding hydrogens is 234 g/mol. The molecule has 0 unspecified atom stereocenters. The first kappa shape index (κ1) is 12.3. The summed E-state index contributed by atoms with van der Waals surface area (Å²) in [7, 11) is 0. The van der Waals surface area contributed by atoms with Crippen LogP contribution >= 0.6 is 0 Å². The maximum Gasteiger partial charge on any atom is 0.246 e. The summed E-state index contributed by atoms with van der Waals surface area (Å²) in [6.45, 7) is 6.03. The fourth-order valence-electron chi connectivity index (χ4n) is 1.30. The zero-order valence-corrected chi connectivity index (χ0v) is 10.5. The minimum atomic E-state index is 0.0753. The van der Waals surface area contributed by atoms with Crippen LogP contribution in [0.1, 0.15) is 25.6 Å². The third kappa shape index (κ3) is 3.41. The van der Waals surface area contributed by atoms with E-state index in [0.717, 1.165) is 0 Å². The average Bonchev–Trinajstić information content (AvgIpc) is 2.72. The van der Waals surface area contributed by atoms with Crippen LogP contribution in [0.25, 0.3) is 0 Å². The van der Waals surface area contributed by atoms with Crippen molar-refractivity contribution in [3.05, 3.63) is 24.0 Å². The SMILES string of the molecule is Cc1noc(CNc2nccc(OC(C)C)n2)n1. The highest BCUT2D eigenvalue weighted by atomic mass is 16.5. The molecule has 0 aliphatic rings. The zero-order chi connectivity index (χ0) is 13.0. The molecule has 96 valence electrons. The Kier molecular flexibility index (Phi) is 3.71.